The number of aromatic nitrogens is 2. The lowest BCUT2D eigenvalue weighted by Crippen LogP contribution is -1.92. The first-order chi connectivity index (χ1) is 15.4. The number of nitrogens with zero attached hydrogens (tertiary/aromatic N) is 2. The second-order valence-corrected chi connectivity index (χ2v) is 8.84. The van der Waals surface area contributed by atoms with Gasteiger partial charge in [-0.1, -0.05) is 54.6 Å². The molecule has 0 bridgehead atoms. The van der Waals surface area contributed by atoms with Gasteiger partial charge in [0.15, 0.2) is 0 Å². The Hall–Kier alpha value is -3.91. The molecule has 2 heterocycles. The largest absolute Gasteiger partial charge is 0.299 e. The van der Waals surface area contributed by atoms with Crippen LogP contribution in [0.1, 0.15) is 22.3 Å². The second kappa shape index (κ2) is 5.41. The third-order valence-corrected chi connectivity index (χ3v) is 7.27. The fourth-order valence-electron chi connectivity index (χ4n) is 5.97. The predicted molar refractivity (Wildman–Crippen MR) is 127 cm³/mol. The van der Waals surface area contributed by atoms with E-state index < -0.39 is 0 Å². The van der Waals surface area contributed by atoms with Gasteiger partial charge in [-0.25, -0.2) is 4.98 Å². The van der Waals surface area contributed by atoms with Crippen molar-refractivity contribution in [3.8, 4) is 22.3 Å². The van der Waals surface area contributed by atoms with Gasteiger partial charge in [-0.3, -0.25) is 4.40 Å². The van der Waals surface area contributed by atoms with E-state index in [0.29, 0.717) is 0 Å². The van der Waals surface area contributed by atoms with Crippen molar-refractivity contribution in [3.63, 3.8) is 0 Å². The van der Waals surface area contributed by atoms with Crippen molar-refractivity contribution in [2.24, 2.45) is 0 Å². The van der Waals surface area contributed by atoms with Gasteiger partial charge in [-0.2, -0.15) is 0 Å². The topological polar surface area (TPSA) is 17.3 Å². The molecule has 8 rings (SSSR count). The molecule has 0 N–H and O–H groups in total. The third kappa shape index (κ3) is 1.91. The van der Waals surface area contributed by atoms with Crippen molar-refractivity contribution < 1.29 is 0 Å². The normalized spacial score (nSPS) is 13.5. The standard InChI is InChI=1S/C29H18N2/c1-2-6-21-17(5-1)13-18-9-10-19-14-20-15-24-22-7-3-4-8-26(22)31-12-11-30-29(31)25(24)16-23(20)28(19)27(18)21/h1-12,15-16H,13-14H2. The minimum atomic E-state index is 1.00. The Balaban J connectivity index is 1.52. The third-order valence-electron chi connectivity index (χ3n) is 7.27. The molecule has 0 saturated carbocycles. The van der Waals surface area contributed by atoms with Crippen LogP contribution in [0.25, 0.3) is 49.6 Å². The van der Waals surface area contributed by atoms with Gasteiger partial charge < -0.3 is 0 Å². The zero-order chi connectivity index (χ0) is 20.1. The van der Waals surface area contributed by atoms with Crippen LogP contribution in [-0.2, 0) is 12.8 Å². The quantitative estimate of drug-likeness (QED) is 0.259. The SMILES string of the molecule is c1ccc2c(c1)Cc1ccc3c(c1-2)-c1cc2c(cc1C3)c1ccccc1n1ccnc21. The maximum absolute atomic E-state index is 4.75. The van der Waals surface area contributed by atoms with E-state index in [2.05, 4.69) is 83.4 Å². The van der Waals surface area contributed by atoms with Crippen LogP contribution < -0.4 is 0 Å². The number of benzene rings is 4. The maximum atomic E-state index is 4.75. The molecule has 6 aromatic rings. The summed E-state index contributed by atoms with van der Waals surface area (Å²) >= 11 is 0. The smallest absolute Gasteiger partial charge is 0.145 e. The van der Waals surface area contributed by atoms with Gasteiger partial charge in [-0.05, 0) is 80.9 Å². The highest BCUT2D eigenvalue weighted by Crippen LogP contribution is 2.50. The van der Waals surface area contributed by atoms with Crippen molar-refractivity contribution in [1.29, 1.82) is 0 Å². The fourth-order valence-corrected chi connectivity index (χ4v) is 5.97. The Kier molecular flexibility index (Phi) is 2.77. The molecule has 0 aliphatic heterocycles. The molecule has 0 fully saturated rings. The molecule has 0 saturated heterocycles. The molecule has 0 unspecified atom stereocenters. The fraction of sp³-hybridized carbons (Fsp3) is 0.0690. The van der Waals surface area contributed by atoms with Crippen LogP contribution in [0.4, 0.5) is 0 Å². The summed E-state index contributed by atoms with van der Waals surface area (Å²) in [7, 11) is 0. The number of pyridine rings is 1. The van der Waals surface area contributed by atoms with Gasteiger partial charge in [-0.15, -0.1) is 0 Å². The average molecular weight is 394 g/mol. The zero-order valence-corrected chi connectivity index (χ0v) is 16.9. The second-order valence-electron chi connectivity index (χ2n) is 8.84. The Labute approximate surface area is 179 Å². The van der Waals surface area contributed by atoms with Crippen LogP contribution in [-0.4, -0.2) is 9.38 Å². The van der Waals surface area contributed by atoms with Crippen molar-refractivity contribution in [2.45, 2.75) is 12.8 Å². The van der Waals surface area contributed by atoms with Crippen molar-refractivity contribution >= 4 is 27.3 Å². The van der Waals surface area contributed by atoms with Crippen LogP contribution in [0.5, 0.6) is 0 Å². The van der Waals surface area contributed by atoms with E-state index >= 15 is 0 Å². The van der Waals surface area contributed by atoms with Gasteiger partial charge in [0.1, 0.15) is 5.65 Å². The summed E-state index contributed by atoms with van der Waals surface area (Å²) < 4.78 is 2.23. The van der Waals surface area contributed by atoms with Crippen LogP contribution in [0.2, 0.25) is 0 Å². The number of imidazole rings is 1. The van der Waals surface area contributed by atoms with Crippen molar-refractivity contribution in [3.05, 3.63) is 107 Å². The van der Waals surface area contributed by atoms with E-state index in [0.717, 1.165) is 18.5 Å². The summed E-state index contributed by atoms with van der Waals surface area (Å²) in [5.74, 6) is 0. The molecular formula is C29H18N2. The first kappa shape index (κ1) is 15.9. The van der Waals surface area contributed by atoms with Gasteiger partial charge >= 0.3 is 0 Å². The predicted octanol–water partition coefficient (Wildman–Crippen LogP) is 6.78. The van der Waals surface area contributed by atoms with Gasteiger partial charge in [0.2, 0.25) is 0 Å². The lowest BCUT2D eigenvalue weighted by Gasteiger charge is -2.13. The molecule has 144 valence electrons. The van der Waals surface area contributed by atoms with E-state index in [4.69, 9.17) is 4.98 Å². The molecule has 0 spiro atoms. The van der Waals surface area contributed by atoms with Crippen LogP contribution in [0, 0.1) is 0 Å². The summed E-state index contributed by atoms with van der Waals surface area (Å²) in [6.45, 7) is 0. The van der Waals surface area contributed by atoms with Crippen molar-refractivity contribution in [2.75, 3.05) is 0 Å². The summed E-state index contributed by atoms with van der Waals surface area (Å²) in [5, 5.41) is 3.83. The number of fused-ring (bicyclic) bond motifs is 13. The first-order valence-electron chi connectivity index (χ1n) is 10.9. The van der Waals surface area contributed by atoms with E-state index in [9.17, 15) is 0 Å². The molecule has 0 radical (unpaired) electrons. The lowest BCUT2D eigenvalue weighted by atomic mass is 9.92. The molecule has 4 aromatic carbocycles. The van der Waals surface area contributed by atoms with Gasteiger partial charge in [0.25, 0.3) is 0 Å². The molecule has 0 amide bonds. The minimum absolute atomic E-state index is 1.00. The summed E-state index contributed by atoms with van der Waals surface area (Å²) in [6.07, 6.45) is 6.03. The van der Waals surface area contributed by atoms with Gasteiger partial charge in [0, 0.05) is 23.2 Å². The van der Waals surface area contributed by atoms with E-state index in [1.54, 1.807) is 0 Å². The highest BCUT2D eigenvalue weighted by molar-refractivity contribution is 6.14. The number of hydrogen-bond acceptors (Lipinski definition) is 1. The molecule has 2 nitrogen and oxygen atoms in total. The van der Waals surface area contributed by atoms with Gasteiger partial charge in [0.05, 0.1) is 5.52 Å². The highest BCUT2D eigenvalue weighted by atomic mass is 15.0. The maximum Gasteiger partial charge on any atom is 0.145 e. The molecule has 0 atom stereocenters. The highest BCUT2D eigenvalue weighted by Gasteiger charge is 2.29. The molecule has 2 heteroatoms. The van der Waals surface area contributed by atoms with Crippen molar-refractivity contribution in [1.82, 2.24) is 9.38 Å². The zero-order valence-electron chi connectivity index (χ0n) is 16.9. The number of hydrogen-bond donors (Lipinski definition) is 0. The molecule has 2 aliphatic carbocycles. The Morgan fingerprint density at radius 2 is 1.39 bits per heavy atom. The van der Waals surface area contributed by atoms with E-state index in [1.165, 1.54) is 66.2 Å². The number of rotatable bonds is 0. The van der Waals surface area contributed by atoms with Crippen LogP contribution in [0.3, 0.4) is 0 Å². The summed E-state index contributed by atoms with van der Waals surface area (Å²) in [6, 6.07) is 27.1. The number of para-hydroxylation sites is 1. The monoisotopic (exact) mass is 394 g/mol. The Bertz CT molecular complexity index is 1740. The van der Waals surface area contributed by atoms with Crippen LogP contribution in [0.15, 0.2) is 85.2 Å². The average Bonchev–Trinajstić information content (AvgIpc) is 3.52. The minimum Gasteiger partial charge on any atom is -0.299 e. The Morgan fingerprint density at radius 1 is 0.613 bits per heavy atom. The summed E-state index contributed by atoms with van der Waals surface area (Å²) in [5.41, 5.74) is 13.7. The molecular weight excluding hydrogens is 376 g/mol. The van der Waals surface area contributed by atoms with E-state index in [1.807, 2.05) is 6.20 Å². The molecule has 2 aliphatic rings. The first-order valence-corrected chi connectivity index (χ1v) is 10.9. The lowest BCUT2D eigenvalue weighted by molar-refractivity contribution is 1.23. The Morgan fingerprint density at radius 3 is 2.32 bits per heavy atom. The van der Waals surface area contributed by atoms with Crippen LogP contribution >= 0.6 is 0 Å². The molecule has 31 heavy (non-hydrogen) atoms. The summed E-state index contributed by atoms with van der Waals surface area (Å²) in [4.78, 5) is 4.75. The molecule has 2 aromatic heterocycles. The van der Waals surface area contributed by atoms with E-state index in [-0.39, 0.29) is 0 Å².